The Hall–Kier alpha value is -2.98. The molecule has 3 aromatic carbocycles. The highest BCUT2D eigenvalue weighted by Crippen LogP contribution is 2.56. The van der Waals surface area contributed by atoms with E-state index < -0.39 is 13.3 Å². The quantitative estimate of drug-likeness (QED) is 0.367. The Bertz CT molecular complexity index is 1120. The highest BCUT2D eigenvalue weighted by molar-refractivity contribution is 7.56. The van der Waals surface area contributed by atoms with Gasteiger partial charge in [0.2, 0.25) is 0 Å². The van der Waals surface area contributed by atoms with Crippen molar-refractivity contribution < 1.29 is 13.6 Å². The van der Waals surface area contributed by atoms with Gasteiger partial charge in [-0.2, -0.15) is 5.10 Å². The van der Waals surface area contributed by atoms with E-state index in [0.29, 0.717) is 5.71 Å². The van der Waals surface area contributed by atoms with Gasteiger partial charge in [0.1, 0.15) is 5.66 Å². The van der Waals surface area contributed by atoms with E-state index in [-0.39, 0.29) is 13.2 Å². The van der Waals surface area contributed by atoms with Gasteiger partial charge in [0.25, 0.3) is 0 Å². The predicted octanol–water partition coefficient (Wildman–Crippen LogP) is 6.59. The van der Waals surface area contributed by atoms with Crippen LogP contribution in [0, 0.1) is 0 Å². The Kier molecular flexibility index (Phi) is 7.01. The molecular formula is C26H27N2O3P. The van der Waals surface area contributed by atoms with E-state index in [4.69, 9.17) is 14.1 Å². The summed E-state index contributed by atoms with van der Waals surface area (Å²) in [5.41, 5.74) is 3.61. The molecule has 32 heavy (non-hydrogen) atoms. The van der Waals surface area contributed by atoms with Crippen LogP contribution in [0.2, 0.25) is 0 Å². The van der Waals surface area contributed by atoms with Crippen LogP contribution in [0.1, 0.15) is 25.0 Å². The maximum atomic E-state index is 14.0. The molecule has 164 valence electrons. The molecule has 0 radical (unpaired) electrons. The van der Waals surface area contributed by atoms with Crippen LogP contribution >= 0.6 is 7.60 Å². The van der Waals surface area contributed by atoms with Gasteiger partial charge in [-0.05, 0) is 43.2 Å². The number of para-hydroxylation sites is 1. The highest BCUT2D eigenvalue weighted by Gasteiger charge is 2.42. The first-order valence-electron chi connectivity index (χ1n) is 10.8. The molecule has 0 N–H and O–H groups in total. The van der Waals surface area contributed by atoms with Crippen molar-refractivity contribution in [3.63, 3.8) is 0 Å². The Morgan fingerprint density at radius 3 is 1.81 bits per heavy atom. The molecule has 0 spiro atoms. The summed E-state index contributed by atoms with van der Waals surface area (Å²) in [4.78, 5) is 0. The molecule has 0 saturated heterocycles. The minimum absolute atomic E-state index is 0.284. The fourth-order valence-electron chi connectivity index (χ4n) is 3.75. The van der Waals surface area contributed by atoms with Gasteiger partial charge in [-0.3, -0.25) is 4.57 Å². The number of hydrogen-bond donors (Lipinski definition) is 0. The molecule has 0 fully saturated rings. The van der Waals surface area contributed by atoms with Gasteiger partial charge in [0, 0.05) is 0 Å². The van der Waals surface area contributed by atoms with E-state index in [9.17, 15) is 4.57 Å². The third-order valence-electron chi connectivity index (χ3n) is 5.13. The Morgan fingerprint density at radius 1 is 0.781 bits per heavy atom. The predicted molar refractivity (Wildman–Crippen MR) is 131 cm³/mol. The van der Waals surface area contributed by atoms with E-state index in [2.05, 4.69) is 0 Å². The molecule has 0 aromatic heterocycles. The lowest BCUT2D eigenvalue weighted by Gasteiger charge is -2.34. The lowest BCUT2D eigenvalue weighted by atomic mass is 10.0. The molecule has 3 aromatic rings. The van der Waals surface area contributed by atoms with Crippen LogP contribution in [0.25, 0.3) is 5.70 Å². The van der Waals surface area contributed by atoms with Crippen molar-refractivity contribution in [3.8, 4) is 0 Å². The third kappa shape index (κ3) is 4.61. The van der Waals surface area contributed by atoms with Gasteiger partial charge in [0.05, 0.1) is 30.3 Å². The first kappa shape index (κ1) is 22.2. The number of hydrazone groups is 1. The normalized spacial score (nSPS) is 16.4. The van der Waals surface area contributed by atoms with Gasteiger partial charge in [0.15, 0.2) is 0 Å². The molecule has 0 bridgehead atoms. The zero-order valence-electron chi connectivity index (χ0n) is 18.3. The van der Waals surface area contributed by atoms with Crippen molar-refractivity contribution in [2.24, 2.45) is 5.10 Å². The number of nitrogens with zero attached hydrogens (tertiary/aromatic N) is 2. The molecule has 1 heterocycles. The van der Waals surface area contributed by atoms with Gasteiger partial charge >= 0.3 is 7.60 Å². The summed E-state index contributed by atoms with van der Waals surface area (Å²) in [7, 11) is -3.53. The van der Waals surface area contributed by atoms with E-state index in [0.717, 1.165) is 22.5 Å². The zero-order chi connectivity index (χ0) is 22.4. The lowest BCUT2D eigenvalue weighted by molar-refractivity contribution is 0.219. The van der Waals surface area contributed by atoms with E-state index in [1.807, 2.05) is 116 Å². The first-order valence-corrected chi connectivity index (χ1v) is 12.4. The van der Waals surface area contributed by atoms with E-state index in [1.165, 1.54) is 0 Å². The molecule has 1 aliphatic rings. The molecule has 1 atom stereocenters. The average Bonchev–Trinajstić information content (AvgIpc) is 2.85. The van der Waals surface area contributed by atoms with Crippen LogP contribution in [0.15, 0.2) is 102 Å². The van der Waals surface area contributed by atoms with Crippen LogP contribution in [0.4, 0.5) is 5.69 Å². The summed E-state index contributed by atoms with van der Waals surface area (Å²) >= 11 is 0. The topological polar surface area (TPSA) is 51.1 Å². The van der Waals surface area contributed by atoms with Gasteiger partial charge in [-0.1, -0.05) is 78.9 Å². The number of allylic oxidation sites excluding steroid dienone is 1. The van der Waals surface area contributed by atoms with Gasteiger partial charge in [-0.25, -0.2) is 5.01 Å². The minimum Gasteiger partial charge on any atom is -0.308 e. The Morgan fingerprint density at radius 2 is 1.28 bits per heavy atom. The summed E-state index contributed by atoms with van der Waals surface area (Å²) in [6.45, 7) is 4.22. The molecule has 0 aliphatic carbocycles. The van der Waals surface area contributed by atoms with Crippen molar-refractivity contribution in [3.05, 3.63) is 108 Å². The summed E-state index contributed by atoms with van der Waals surface area (Å²) in [6, 6.07) is 29.7. The summed E-state index contributed by atoms with van der Waals surface area (Å²) in [6.07, 6.45) is 1.98. The number of hydrogen-bond acceptors (Lipinski definition) is 5. The maximum Gasteiger partial charge on any atom is 0.343 e. The van der Waals surface area contributed by atoms with Crippen molar-refractivity contribution >= 4 is 24.7 Å². The van der Waals surface area contributed by atoms with Crippen LogP contribution in [0.3, 0.4) is 0 Å². The minimum atomic E-state index is -3.53. The second-order valence-electron chi connectivity index (χ2n) is 7.24. The van der Waals surface area contributed by atoms with Crippen molar-refractivity contribution in [1.29, 1.82) is 0 Å². The van der Waals surface area contributed by atoms with Crippen LogP contribution in [-0.2, 0) is 13.6 Å². The number of rotatable bonds is 8. The molecule has 4 rings (SSSR count). The summed E-state index contributed by atoms with van der Waals surface area (Å²) in [5, 5.41) is 6.94. The SMILES string of the molecule is CCOP(=O)(OCC)C1C=C(c2ccccc2)N(c2ccccc2)N=C1c1ccccc1. The van der Waals surface area contributed by atoms with Crippen LogP contribution in [-0.4, -0.2) is 24.6 Å². The molecule has 0 amide bonds. The van der Waals surface area contributed by atoms with Crippen molar-refractivity contribution in [1.82, 2.24) is 0 Å². The first-order chi connectivity index (χ1) is 15.7. The van der Waals surface area contributed by atoms with Crippen LogP contribution < -0.4 is 5.01 Å². The Labute approximate surface area is 189 Å². The van der Waals surface area contributed by atoms with Crippen LogP contribution in [0.5, 0.6) is 0 Å². The second kappa shape index (κ2) is 10.1. The smallest absolute Gasteiger partial charge is 0.308 e. The average molecular weight is 446 g/mol. The standard InChI is InChI=1S/C26H27N2O3P/c1-3-30-32(29,31-4-2)25-20-24(21-14-8-5-9-15-21)28(23-18-12-7-13-19-23)27-26(25)22-16-10-6-11-17-22/h5-20,25H,3-4H2,1-2H3. The maximum absolute atomic E-state index is 14.0. The largest absolute Gasteiger partial charge is 0.343 e. The zero-order valence-corrected chi connectivity index (χ0v) is 19.2. The monoisotopic (exact) mass is 446 g/mol. The van der Waals surface area contributed by atoms with Gasteiger partial charge < -0.3 is 9.05 Å². The second-order valence-corrected chi connectivity index (χ2v) is 9.39. The molecule has 6 heteroatoms. The van der Waals surface area contributed by atoms with Gasteiger partial charge in [-0.15, -0.1) is 0 Å². The third-order valence-corrected chi connectivity index (χ3v) is 7.44. The Balaban J connectivity index is 1.94. The van der Waals surface area contributed by atoms with Crippen molar-refractivity contribution in [2.45, 2.75) is 19.5 Å². The number of benzene rings is 3. The molecule has 5 nitrogen and oxygen atoms in total. The number of anilines is 1. The van der Waals surface area contributed by atoms with E-state index >= 15 is 0 Å². The molecule has 1 aliphatic heterocycles. The fourth-order valence-corrected chi connectivity index (χ4v) is 5.69. The highest BCUT2D eigenvalue weighted by atomic mass is 31.2. The lowest BCUT2D eigenvalue weighted by Crippen LogP contribution is -2.32. The molecule has 1 unspecified atom stereocenters. The molecule has 0 saturated carbocycles. The molecular weight excluding hydrogens is 419 g/mol. The van der Waals surface area contributed by atoms with Crippen molar-refractivity contribution in [2.75, 3.05) is 18.2 Å². The fraction of sp³-hybridized carbons (Fsp3) is 0.192. The van der Waals surface area contributed by atoms with E-state index in [1.54, 1.807) is 0 Å². The summed E-state index contributed by atoms with van der Waals surface area (Å²) in [5.74, 6) is 0. The summed E-state index contributed by atoms with van der Waals surface area (Å²) < 4.78 is 25.5.